The van der Waals surface area contributed by atoms with E-state index in [4.69, 9.17) is 5.73 Å². The van der Waals surface area contributed by atoms with Gasteiger partial charge in [0.15, 0.2) is 0 Å². The van der Waals surface area contributed by atoms with Gasteiger partial charge in [-0.15, -0.1) is 24.8 Å². The molecule has 0 saturated carbocycles. The second-order valence-corrected chi connectivity index (χ2v) is 6.28. The van der Waals surface area contributed by atoms with Crippen LogP contribution in [-0.4, -0.2) is 21.5 Å². The molecule has 3 N–H and O–H groups in total. The lowest BCUT2D eigenvalue weighted by Gasteiger charge is -2.25. The first-order valence-electron chi connectivity index (χ1n) is 6.93. The van der Waals surface area contributed by atoms with E-state index >= 15 is 0 Å². The number of nitrogens with one attached hydrogen (secondary N) is 1. The van der Waals surface area contributed by atoms with Gasteiger partial charge < -0.3 is 15.6 Å². The minimum Gasteiger partial charge on any atom is -0.334 e. The number of aromatic nitrogens is 2. The van der Waals surface area contributed by atoms with Crippen LogP contribution in [0.25, 0.3) is 11.4 Å². The van der Waals surface area contributed by atoms with Crippen LogP contribution in [0.3, 0.4) is 0 Å². The van der Waals surface area contributed by atoms with Crippen molar-refractivity contribution in [1.29, 1.82) is 0 Å². The van der Waals surface area contributed by atoms with Crippen molar-refractivity contribution in [2.75, 3.05) is 5.32 Å². The number of carbonyl (C=O) groups is 1. The molecule has 1 amide bonds. The number of imidazole rings is 1. The van der Waals surface area contributed by atoms with Crippen molar-refractivity contribution in [3.05, 3.63) is 36.7 Å². The molecule has 0 aliphatic carbocycles. The molecule has 1 atom stereocenters. The van der Waals surface area contributed by atoms with Gasteiger partial charge in [-0.25, -0.2) is 4.98 Å². The van der Waals surface area contributed by atoms with Crippen molar-refractivity contribution in [2.45, 2.75) is 26.8 Å². The first-order chi connectivity index (χ1) is 9.79. The van der Waals surface area contributed by atoms with Crippen LogP contribution in [0.1, 0.15) is 20.8 Å². The molecule has 0 aliphatic heterocycles. The molecule has 1 aromatic carbocycles. The van der Waals surface area contributed by atoms with Gasteiger partial charge in [0.25, 0.3) is 0 Å². The van der Waals surface area contributed by atoms with Gasteiger partial charge in [-0.2, -0.15) is 0 Å². The highest BCUT2D eigenvalue weighted by atomic mass is 35.5. The zero-order chi connectivity index (χ0) is 15.6. The van der Waals surface area contributed by atoms with Crippen LogP contribution >= 0.6 is 24.8 Å². The number of hydrogen-bond acceptors (Lipinski definition) is 3. The summed E-state index contributed by atoms with van der Waals surface area (Å²) in [5.41, 5.74) is 7.37. The molecule has 1 aromatic heterocycles. The Morgan fingerprint density at radius 2 is 1.96 bits per heavy atom. The number of hydrogen-bond donors (Lipinski definition) is 2. The quantitative estimate of drug-likeness (QED) is 0.884. The first-order valence-corrected chi connectivity index (χ1v) is 6.93. The fraction of sp³-hybridized carbons (Fsp3) is 0.375. The minimum absolute atomic E-state index is 0. The topological polar surface area (TPSA) is 72.9 Å². The minimum atomic E-state index is -0.561. The van der Waals surface area contributed by atoms with Crippen LogP contribution in [0.5, 0.6) is 0 Å². The molecule has 1 heterocycles. The van der Waals surface area contributed by atoms with E-state index in [-0.39, 0.29) is 36.1 Å². The lowest BCUT2D eigenvalue weighted by molar-refractivity contribution is -0.119. The molecule has 5 nitrogen and oxygen atoms in total. The van der Waals surface area contributed by atoms with Gasteiger partial charge in [0.1, 0.15) is 5.82 Å². The maximum atomic E-state index is 12.2. The number of amides is 1. The summed E-state index contributed by atoms with van der Waals surface area (Å²) in [6.45, 7) is 5.84. The Labute approximate surface area is 149 Å². The van der Waals surface area contributed by atoms with Crippen molar-refractivity contribution in [3.8, 4) is 11.4 Å². The number of rotatable bonds is 3. The largest absolute Gasteiger partial charge is 0.334 e. The number of halogens is 2. The molecule has 128 valence electrons. The molecule has 0 fully saturated rings. The number of nitrogens with two attached hydrogens (primary N) is 1. The molecule has 7 heteroatoms. The van der Waals surface area contributed by atoms with Crippen molar-refractivity contribution in [1.82, 2.24) is 9.55 Å². The smallest absolute Gasteiger partial charge is 0.241 e. The van der Waals surface area contributed by atoms with Crippen molar-refractivity contribution in [3.63, 3.8) is 0 Å². The van der Waals surface area contributed by atoms with Crippen molar-refractivity contribution < 1.29 is 4.79 Å². The van der Waals surface area contributed by atoms with Crippen LogP contribution in [0, 0.1) is 5.41 Å². The lowest BCUT2D eigenvalue weighted by atomic mass is 9.87. The van der Waals surface area contributed by atoms with E-state index in [1.165, 1.54) is 0 Å². The maximum absolute atomic E-state index is 12.2. The molecule has 2 rings (SSSR count). The molecular formula is C16H24Cl2N4O. The fourth-order valence-electron chi connectivity index (χ4n) is 1.99. The Hall–Kier alpha value is -1.56. The average Bonchev–Trinajstić information content (AvgIpc) is 2.83. The summed E-state index contributed by atoms with van der Waals surface area (Å²) < 4.78 is 1.93. The fourth-order valence-corrected chi connectivity index (χ4v) is 1.99. The summed E-state index contributed by atoms with van der Waals surface area (Å²) >= 11 is 0. The number of nitrogens with zero attached hydrogens (tertiary/aromatic N) is 2. The van der Waals surface area contributed by atoms with Crippen LogP contribution in [0.4, 0.5) is 5.69 Å². The first kappa shape index (κ1) is 21.4. The Morgan fingerprint density at radius 1 is 1.30 bits per heavy atom. The van der Waals surface area contributed by atoms with Gasteiger partial charge in [0.2, 0.25) is 5.91 Å². The third kappa shape index (κ3) is 5.23. The van der Waals surface area contributed by atoms with Crippen molar-refractivity contribution >= 4 is 36.4 Å². The molecule has 0 bridgehead atoms. The maximum Gasteiger partial charge on any atom is 0.241 e. The van der Waals surface area contributed by atoms with Crippen LogP contribution in [-0.2, 0) is 11.8 Å². The number of benzene rings is 1. The molecule has 23 heavy (non-hydrogen) atoms. The third-order valence-corrected chi connectivity index (χ3v) is 3.42. The van der Waals surface area contributed by atoms with Gasteiger partial charge in [-0.05, 0) is 17.5 Å². The Morgan fingerprint density at radius 3 is 2.48 bits per heavy atom. The number of aryl methyl sites for hydroxylation is 1. The summed E-state index contributed by atoms with van der Waals surface area (Å²) in [6.07, 6.45) is 3.63. The standard InChI is InChI=1S/C16H22N4O.2ClH/c1-16(2,3)13(17)15(21)19-12-7-5-6-11(10-12)14-18-8-9-20(14)4;;/h5-10,13H,17H2,1-4H3,(H,19,21);2*1H/t13-;;/m1../s1. The summed E-state index contributed by atoms with van der Waals surface area (Å²) in [5, 5.41) is 2.87. The predicted octanol–water partition coefficient (Wildman–Crippen LogP) is 3.24. The van der Waals surface area contributed by atoms with Crippen LogP contribution in [0.15, 0.2) is 36.7 Å². The van der Waals surface area contributed by atoms with Gasteiger partial charge in [0, 0.05) is 30.7 Å². The summed E-state index contributed by atoms with van der Waals surface area (Å²) in [5.74, 6) is 0.672. The highest BCUT2D eigenvalue weighted by Gasteiger charge is 2.27. The molecule has 0 radical (unpaired) electrons. The third-order valence-electron chi connectivity index (χ3n) is 3.42. The zero-order valence-corrected chi connectivity index (χ0v) is 15.4. The Balaban J connectivity index is 0.00000242. The zero-order valence-electron chi connectivity index (χ0n) is 13.7. The normalized spacial score (nSPS) is 11.9. The van der Waals surface area contributed by atoms with Crippen LogP contribution in [0.2, 0.25) is 0 Å². The predicted molar refractivity (Wildman–Crippen MR) is 99.2 cm³/mol. The molecule has 0 unspecified atom stereocenters. The van der Waals surface area contributed by atoms with E-state index in [0.29, 0.717) is 0 Å². The number of carbonyl (C=O) groups excluding carboxylic acids is 1. The van der Waals surface area contributed by atoms with E-state index in [9.17, 15) is 4.79 Å². The van der Waals surface area contributed by atoms with E-state index in [1.807, 2.05) is 62.8 Å². The lowest BCUT2D eigenvalue weighted by Crippen LogP contribution is -2.45. The van der Waals surface area contributed by atoms with E-state index in [2.05, 4.69) is 10.3 Å². The highest BCUT2D eigenvalue weighted by molar-refractivity contribution is 5.95. The van der Waals surface area contributed by atoms with Crippen LogP contribution < -0.4 is 11.1 Å². The Bertz CT molecular complexity index is 650. The van der Waals surface area contributed by atoms with E-state index < -0.39 is 6.04 Å². The van der Waals surface area contributed by atoms with Gasteiger partial charge in [-0.3, -0.25) is 4.79 Å². The molecule has 0 aliphatic rings. The van der Waals surface area contributed by atoms with E-state index in [0.717, 1.165) is 17.1 Å². The Kier molecular flexibility index (Phi) is 7.77. The summed E-state index contributed by atoms with van der Waals surface area (Å²) in [7, 11) is 1.93. The highest BCUT2D eigenvalue weighted by Crippen LogP contribution is 2.22. The molecule has 2 aromatic rings. The van der Waals surface area contributed by atoms with E-state index in [1.54, 1.807) is 6.20 Å². The van der Waals surface area contributed by atoms with Gasteiger partial charge in [-0.1, -0.05) is 32.9 Å². The second-order valence-electron chi connectivity index (χ2n) is 6.28. The van der Waals surface area contributed by atoms with Gasteiger partial charge in [0.05, 0.1) is 6.04 Å². The SMILES string of the molecule is Cl.Cl.Cn1ccnc1-c1cccc(NC(=O)[C@@H](N)C(C)(C)C)c1. The summed E-state index contributed by atoms with van der Waals surface area (Å²) in [4.78, 5) is 16.5. The monoisotopic (exact) mass is 358 g/mol. The average molecular weight is 359 g/mol. The molecular weight excluding hydrogens is 335 g/mol. The summed E-state index contributed by atoms with van der Waals surface area (Å²) in [6, 6.07) is 7.04. The number of anilines is 1. The molecule has 0 saturated heterocycles. The molecule has 0 spiro atoms. The van der Waals surface area contributed by atoms with Gasteiger partial charge >= 0.3 is 0 Å². The second kappa shape index (κ2) is 8.34. The van der Waals surface area contributed by atoms with Crippen molar-refractivity contribution in [2.24, 2.45) is 18.2 Å².